The molecule has 0 aromatic heterocycles. The zero-order valence-electron chi connectivity index (χ0n) is 2.60. The van der Waals surface area contributed by atoms with Gasteiger partial charge in [0.15, 0.2) is 0 Å². The van der Waals surface area contributed by atoms with E-state index in [9.17, 15) is 0 Å². The normalized spacial score (nSPS) is 6.60. The van der Waals surface area contributed by atoms with E-state index in [-0.39, 0.29) is 0 Å². The molecule has 0 unspecified atom stereocenters. The van der Waals surface area contributed by atoms with Crippen LogP contribution in [-0.2, 0) is 9.53 Å². The molecule has 0 N–H and O–H groups in total. The second-order valence-corrected chi connectivity index (χ2v) is 0.368. The molecule has 0 bridgehead atoms. The predicted octanol–water partition coefficient (Wildman–Crippen LogP) is 0.0661. The molecule has 0 aromatic carbocycles. The van der Waals surface area contributed by atoms with Crippen molar-refractivity contribution in [3.8, 4) is 0 Å². The van der Waals surface area contributed by atoms with Crippen LogP contribution < -0.4 is 0 Å². The van der Waals surface area contributed by atoms with Gasteiger partial charge in [0.25, 0.3) is 0 Å². The molecule has 0 aliphatic rings. The van der Waals surface area contributed by atoms with E-state index in [1.807, 2.05) is 0 Å². The predicted molar refractivity (Wildman–Crippen MR) is 16.4 cm³/mol. The molecule has 0 aliphatic carbocycles. The molecule has 2 heteroatoms. The Morgan fingerprint density at radius 3 is 2.60 bits per heavy atom. The Bertz CT molecular complexity index is 26.1. The van der Waals surface area contributed by atoms with Crippen LogP contribution in [-0.4, -0.2) is 6.47 Å². The highest BCUT2D eigenvalue weighted by Gasteiger charge is 1.66. The van der Waals surface area contributed by atoms with E-state index in [2.05, 4.69) is 11.7 Å². The third-order valence-corrected chi connectivity index (χ3v) is 0.131. The van der Waals surface area contributed by atoms with Crippen molar-refractivity contribution in [2.24, 2.45) is 0 Å². The van der Waals surface area contributed by atoms with Crippen molar-refractivity contribution in [2.75, 3.05) is 0 Å². The Morgan fingerprint density at radius 2 is 2.60 bits per heavy atom. The van der Waals surface area contributed by atoms with Crippen LogP contribution >= 0.6 is 0 Å². The van der Waals surface area contributed by atoms with E-state index < -0.39 is 0 Å². The molecule has 0 saturated carbocycles. The highest BCUT2D eigenvalue weighted by Crippen LogP contribution is 1.64. The zero-order valence-corrected chi connectivity index (χ0v) is 2.60. The molecular formula is C3H3O2. The largest absolute Gasteiger partial charge is 0.450 e. The summed E-state index contributed by atoms with van der Waals surface area (Å²) in [6.07, 6.45) is 0. The first-order chi connectivity index (χ1) is 2.41. The summed E-state index contributed by atoms with van der Waals surface area (Å²) in [5.41, 5.74) is 0. The fraction of sp³-hybridized carbons (Fsp3) is 0. The van der Waals surface area contributed by atoms with Gasteiger partial charge in [-0.15, -0.1) is 0 Å². The van der Waals surface area contributed by atoms with Crippen LogP contribution in [0.15, 0.2) is 0 Å². The van der Waals surface area contributed by atoms with Crippen molar-refractivity contribution in [1.29, 1.82) is 0 Å². The van der Waals surface area contributed by atoms with E-state index in [1.165, 1.54) is 0 Å². The number of rotatable bonds is 2. The minimum Gasteiger partial charge on any atom is -0.450 e. The third kappa shape index (κ3) is 3.47. The Kier molecular flexibility index (Phi) is 3.10. The first-order valence-electron chi connectivity index (χ1n) is 1.05. The Hall–Kier alpha value is -0.530. The number of ether oxygens (including phenoxy) is 1. The van der Waals surface area contributed by atoms with Crippen LogP contribution in [0, 0.1) is 13.5 Å². The monoisotopic (exact) mass is 71.0 g/mol. The van der Waals surface area contributed by atoms with Gasteiger partial charge >= 0.3 is 6.47 Å². The van der Waals surface area contributed by atoms with E-state index in [1.54, 1.807) is 0 Å². The summed E-state index contributed by atoms with van der Waals surface area (Å²) in [5.74, 6) is 0. The van der Waals surface area contributed by atoms with Crippen molar-refractivity contribution >= 4 is 6.47 Å². The Balaban J connectivity index is 2.40. The fourth-order valence-corrected chi connectivity index (χ4v) is 0.0340. The average Bonchev–Trinajstić information content (AvgIpc) is 1.41. The summed E-state index contributed by atoms with van der Waals surface area (Å²) in [7, 11) is 0. The van der Waals surface area contributed by atoms with Crippen LogP contribution in [0.1, 0.15) is 0 Å². The van der Waals surface area contributed by atoms with Crippen LogP contribution in [0.4, 0.5) is 0 Å². The summed E-state index contributed by atoms with van der Waals surface area (Å²) in [5, 5.41) is 0. The third-order valence-electron chi connectivity index (χ3n) is 0.131. The van der Waals surface area contributed by atoms with E-state index in [4.69, 9.17) is 4.79 Å². The maximum Gasteiger partial charge on any atom is 0.417 e. The van der Waals surface area contributed by atoms with Gasteiger partial charge in [-0.25, -0.2) is 4.79 Å². The van der Waals surface area contributed by atoms with Gasteiger partial charge in [0.2, 0.25) is 0 Å². The molecule has 0 aromatic rings. The average molecular weight is 71.1 g/mol. The van der Waals surface area contributed by atoms with Crippen molar-refractivity contribution in [1.82, 2.24) is 0 Å². The molecule has 2 nitrogen and oxygen atoms in total. The molecule has 27 valence electrons. The van der Waals surface area contributed by atoms with Crippen molar-refractivity contribution in [3.05, 3.63) is 13.5 Å². The van der Waals surface area contributed by atoms with Crippen molar-refractivity contribution in [3.63, 3.8) is 0 Å². The number of hydrogen-bond donors (Lipinski definition) is 0. The molecular weight excluding hydrogens is 68.0 g/mol. The van der Waals surface area contributed by atoms with E-state index in [0.717, 1.165) is 13.1 Å². The van der Waals surface area contributed by atoms with Gasteiger partial charge in [-0.3, -0.25) is 0 Å². The lowest BCUT2D eigenvalue weighted by Crippen LogP contribution is -1.73. The highest BCUT2D eigenvalue weighted by molar-refractivity contribution is 5.38. The quantitative estimate of drug-likeness (QED) is 0.460. The standard InChI is InChI=1S/C3H3O2/c1-2-5-3-4/h2H,1H2. The molecule has 0 spiro atoms. The summed E-state index contributed by atoms with van der Waals surface area (Å²) in [6.45, 7) is 5.22. The van der Waals surface area contributed by atoms with Gasteiger partial charge in [-0.2, -0.15) is 0 Å². The van der Waals surface area contributed by atoms with Crippen molar-refractivity contribution in [2.45, 2.75) is 0 Å². The van der Waals surface area contributed by atoms with Crippen LogP contribution in [0.2, 0.25) is 0 Å². The maximum atomic E-state index is 8.99. The lowest BCUT2D eigenvalue weighted by atomic mass is 10.9. The number of hydrogen-bond acceptors (Lipinski definition) is 2. The van der Waals surface area contributed by atoms with Crippen LogP contribution in [0.25, 0.3) is 0 Å². The summed E-state index contributed by atoms with van der Waals surface area (Å²) < 4.78 is 3.79. The minimum atomic E-state index is 1.01. The Labute approximate surface area is 30.7 Å². The second-order valence-electron chi connectivity index (χ2n) is 0.368. The molecule has 0 fully saturated rings. The zero-order chi connectivity index (χ0) is 4.12. The first kappa shape index (κ1) is 4.47. The first-order valence-corrected chi connectivity index (χ1v) is 1.05. The maximum absolute atomic E-state index is 8.99. The molecule has 5 heavy (non-hydrogen) atoms. The Morgan fingerprint density at radius 1 is 2.00 bits per heavy atom. The van der Waals surface area contributed by atoms with Gasteiger partial charge < -0.3 is 4.74 Å². The molecule has 0 rings (SSSR count). The van der Waals surface area contributed by atoms with Gasteiger partial charge in [0.05, 0.1) is 0 Å². The lowest BCUT2D eigenvalue weighted by molar-refractivity contribution is 0.366. The summed E-state index contributed by atoms with van der Waals surface area (Å²) in [6, 6.07) is 0. The number of carbonyl (C=O) groups excluding carboxylic acids is 1. The topological polar surface area (TPSA) is 26.3 Å². The fourth-order valence-electron chi connectivity index (χ4n) is 0.0340. The summed E-state index contributed by atoms with van der Waals surface area (Å²) in [4.78, 5) is 8.99. The second kappa shape index (κ2) is 3.47. The molecule has 0 saturated heterocycles. The smallest absolute Gasteiger partial charge is 0.417 e. The highest BCUT2D eigenvalue weighted by atomic mass is 16.5. The molecule has 0 aliphatic heterocycles. The van der Waals surface area contributed by atoms with E-state index in [0.29, 0.717) is 0 Å². The molecule has 0 amide bonds. The minimum absolute atomic E-state index is 1.01. The van der Waals surface area contributed by atoms with Gasteiger partial charge in [-0.1, -0.05) is 0 Å². The molecule has 3 radical (unpaired) electrons. The van der Waals surface area contributed by atoms with Gasteiger partial charge in [0.1, 0.15) is 6.61 Å². The lowest BCUT2D eigenvalue weighted by Gasteiger charge is -1.75. The molecule has 0 heterocycles. The molecule has 0 atom stereocenters. The SMILES string of the molecule is [CH2][CH]O[C]=O. The van der Waals surface area contributed by atoms with Crippen LogP contribution in [0.3, 0.4) is 0 Å². The van der Waals surface area contributed by atoms with E-state index >= 15 is 0 Å². The van der Waals surface area contributed by atoms with Gasteiger partial charge in [0, 0.05) is 0 Å². The van der Waals surface area contributed by atoms with Gasteiger partial charge in [-0.05, 0) is 6.92 Å². The van der Waals surface area contributed by atoms with Crippen molar-refractivity contribution < 1.29 is 9.53 Å². The van der Waals surface area contributed by atoms with Crippen LogP contribution in [0.5, 0.6) is 0 Å². The summed E-state index contributed by atoms with van der Waals surface area (Å²) >= 11 is 0.